The summed E-state index contributed by atoms with van der Waals surface area (Å²) in [7, 11) is 1.63. The number of anilines is 3. The lowest BCUT2D eigenvalue weighted by atomic mass is 9.83. The van der Waals surface area contributed by atoms with Crippen LogP contribution < -0.4 is 26.2 Å². The number of fused-ring (bicyclic) bond motifs is 6. The average molecular weight is 1810 g/mol. The van der Waals surface area contributed by atoms with Gasteiger partial charge in [-0.2, -0.15) is 5.10 Å². The van der Waals surface area contributed by atoms with Crippen LogP contribution >= 0.6 is 0 Å². The van der Waals surface area contributed by atoms with Gasteiger partial charge in [0.25, 0.3) is 11.8 Å². The molecule has 4 fully saturated rings. The van der Waals surface area contributed by atoms with Gasteiger partial charge in [-0.05, 0) is 156 Å². The molecular weight excluding hydrogens is 1680 g/mol. The van der Waals surface area contributed by atoms with Crippen LogP contribution in [-0.2, 0) is 92.7 Å². The Morgan fingerprint density at radius 1 is 0.702 bits per heavy atom. The van der Waals surface area contributed by atoms with Crippen LogP contribution in [0.2, 0.25) is 0 Å². The lowest BCUT2D eigenvalue weighted by Gasteiger charge is -2.40. The fourth-order valence-corrected chi connectivity index (χ4v) is 18.0. The van der Waals surface area contributed by atoms with E-state index in [2.05, 4.69) is 68.7 Å². The highest BCUT2D eigenvalue weighted by molar-refractivity contribution is 6.38. The average Bonchev–Trinajstić information content (AvgIpc) is 1.62. The van der Waals surface area contributed by atoms with Gasteiger partial charge in [-0.3, -0.25) is 28.8 Å². The first-order valence-corrected chi connectivity index (χ1v) is 46.3. The zero-order chi connectivity index (χ0) is 92.3. The molecule has 1 aromatic carbocycles. The molecule has 10 atom stereocenters. The summed E-state index contributed by atoms with van der Waals surface area (Å²) in [6.07, 6.45) is 26.6. The maximum absolute atomic E-state index is 14.5. The Balaban J connectivity index is 0.478. The number of carbonyl (C=O) groups excluding carboxylic acids is 8. The molecule has 3 saturated heterocycles. The van der Waals surface area contributed by atoms with Crippen LogP contribution in [0.1, 0.15) is 176 Å². The van der Waals surface area contributed by atoms with Gasteiger partial charge in [0.2, 0.25) is 23.6 Å². The number of nitrogens with two attached hydrogens (primary N) is 1. The highest BCUT2D eigenvalue weighted by atomic mass is 16.6. The van der Waals surface area contributed by atoms with E-state index in [1.807, 2.05) is 88.9 Å². The standard InChI is InChI=1S/C96H127N17O18/c1-61-13-8-7-9-14-62(2)83(124-6)48-76-15-12-17-82(129-76)87(119)92(121)112-31-11-10-16-78(112)93(122)130-77(47-79(115)64(4)44-65(5)81(117)49-80(116)63(3)43-61)25-21-66-19-23-75(24-20-66)131-96(123)105-52-68-50-101-95(102-51-68)111-34-33-110(58-74(111)59-114)94-103-54-73(55-104-94)91(120)99-30-36-126-38-40-128-42-41-127-39-37-125-35-28-84(118)109-32-27-69-45-67(18-22-71(69)57-109)56-113-90-85(88(97)106-60-107-90)86(108-113)72-46-70-26-29-98-89(70)100-53-72/h7-9,13-14,18,22,26,29,44-46,50-51,53-55,60-61,63-64,66,74-78,81-83,114,117H,10-12,15-17,19-21,23-25,27-28,30-43,47-49,52,56-59H2,1-6H3,(H,98,100)(H,99,120)(H,105,123)(H2,97,106,107)/b9-7+,13-8+,62-14+,65-44+/t61-,63-,64-,66-,74?,75-,76?,77-,78+,81+,82?,83+/m1/s1. The van der Waals surface area contributed by atoms with Gasteiger partial charge in [0.05, 0.1) is 108 Å². The van der Waals surface area contributed by atoms with Crippen molar-refractivity contribution in [2.24, 2.45) is 23.7 Å². The highest BCUT2D eigenvalue weighted by Gasteiger charge is 2.42. The van der Waals surface area contributed by atoms with Crippen LogP contribution in [0.5, 0.6) is 0 Å². The van der Waals surface area contributed by atoms with E-state index in [9.17, 15) is 48.6 Å². The Bertz CT molecular complexity index is 5150. The van der Waals surface area contributed by atoms with Gasteiger partial charge in [-0.15, -0.1) is 0 Å². The van der Waals surface area contributed by atoms with Gasteiger partial charge < -0.3 is 89.1 Å². The predicted octanol–water partition coefficient (Wildman–Crippen LogP) is 9.41. The Hall–Kier alpha value is -11.2. The first-order valence-electron chi connectivity index (χ1n) is 46.3. The van der Waals surface area contributed by atoms with Crippen LogP contribution in [0.15, 0.2) is 121 Å². The largest absolute Gasteiger partial charge is 0.460 e. The number of aliphatic hydroxyl groups is 2. The number of Topliss-reactive ketones (excluding diaryl/α,β-unsaturated/α-hetero) is 3. The number of alkyl carbamates (subject to hydrolysis) is 1. The number of nitrogens with zero attached hydrogens (tertiary/aromatic N) is 13. The number of amides is 4. The minimum Gasteiger partial charge on any atom is -0.460 e. The normalized spacial score (nSPS) is 25.2. The third-order valence-electron chi connectivity index (χ3n) is 25.6. The zero-order valence-corrected chi connectivity index (χ0v) is 76.1. The third kappa shape index (κ3) is 27.3. The molecule has 4 amide bonds. The molecule has 0 spiro atoms. The minimum absolute atomic E-state index is 0.0365. The number of ketones is 3. The van der Waals surface area contributed by atoms with Gasteiger partial charge in [0, 0.05) is 144 Å². The zero-order valence-electron chi connectivity index (χ0n) is 76.1. The second kappa shape index (κ2) is 48.3. The van der Waals surface area contributed by atoms with Crippen LogP contribution in [0, 0.1) is 23.7 Å². The van der Waals surface area contributed by atoms with Crippen molar-refractivity contribution < 1.29 is 86.5 Å². The first-order chi connectivity index (χ1) is 63.5. The molecule has 131 heavy (non-hydrogen) atoms. The number of ether oxygens (including phenoxy) is 8. The summed E-state index contributed by atoms with van der Waals surface area (Å²) < 4.78 is 49.0. The fourth-order valence-electron chi connectivity index (χ4n) is 18.0. The van der Waals surface area contributed by atoms with E-state index in [0.29, 0.717) is 208 Å². The molecule has 11 heterocycles. The molecule has 1 saturated carbocycles. The SMILES string of the molecule is CO[C@H]1CC2CCCC(O2)C(=O)C(=O)N2CCCC[C@H]2C(=O)O[C@H](CC[C@H]2CC[C@H](OC(=O)NCc3cnc(N4CCN(c5ncc(C(=O)NCCOCCOCCOCCOCCC(=O)N6CCc7cc(Cn8nc(-c9cnc%10[nH]ccc%10c9)c9c(N)ncnc98)ccc7C6)cn5)CC4CO)nc3)CC2)CC(=O)[C@H](C)/C=C(\C)[C@@H](O)CC(=O)[C@H](C)C[C@H](C)/C=C/C=C/C=C/1C. The quantitative estimate of drug-likeness (QED) is 0.0110. The number of piperazine rings is 1. The summed E-state index contributed by atoms with van der Waals surface area (Å²) in [5.74, 6) is -2.47. The maximum Gasteiger partial charge on any atom is 0.407 e. The number of esters is 1. The van der Waals surface area contributed by atoms with Crippen molar-refractivity contribution in [3.63, 3.8) is 0 Å². The van der Waals surface area contributed by atoms with Crippen LogP contribution in [0.3, 0.4) is 0 Å². The molecule has 7 aromatic rings. The van der Waals surface area contributed by atoms with E-state index < -0.39 is 60.1 Å². The van der Waals surface area contributed by atoms with E-state index in [0.717, 1.165) is 39.7 Å². The first kappa shape index (κ1) is 97.4. The van der Waals surface area contributed by atoms with E-state index in [-0.39, 0.29) is 130 Å². The van der Waals surface area contributed by atoms with Crippen molar-refractivity contribution in [3.05, 3.63) is 149 Å². The number of nitrogens with one attached hydrogen (secondary N) is 3. The highest BCUT2D eigenvalue weighted by Crippen LogP contribution is 2.36. The molecule has 6 aromatic heterocycles. The van der Waals surface area contributed by atoms with Gasteiger partial charge >= 0.3 is 12.1 Å². The fraction of sp³-hybridized carbons (Fsp3) is 0.562. The number of hydrogen-bond donors (Lipinski definition) is 6. The molecule has 35 heteroatoms. The van der Waals surface area contributed by atoms with Crippen molar-refractivity contribution in [1.29, 1.82) is 0 Å². The minimum atomic E-state index is -1.10. The number of methoxy groups -OCH3 is 1. The smallest absolute Gasteiger partial charge is 0.407 e. The van der Waals surface area contributed by atoms with E-state index >= 15 is 0 Å². The summed E-state index contributed by atoms with van der Waals surface area (Å²) in [6, 6.07) is 8.86. The summed E-state index contributed by atoms with van der Waals surface area (Å²) >= 11 is 0. The summed E-state index contributed by atoms with van der Waals surface area (Å²) in [6.45, 7) is 15.1. The Labute approximate surface area is 763 Å². The second-order valence-corrected chi connectivity index (χ2v) is 35.3. The number of benzene rings is 1. The number of piperidine rings is 1. The van der Waals surface area contributed by atoms with Crippen molar-refractivity contribution in [2.45, 2.75) is 219 Å². The lowest BCUT2D eigenvalue weighted by molar-refractivity contribution is -0.167. The molecule has 35 nitrogen and oxygen atoms in total. The second-order valence-electron chi connectivity index (χ2n) is 35.3. The number of allylic oxidation sites excluding steroid dienone is 6. The van der Waals surface area contributed by atoms with Crippen LogP contribution in [-0.4, -0.2) is 271 Å². The van der Waals surface area contributed by atoms with Crippen molar-refractivity contribution in [3.8, 4) is 11.3 Å². The number of pyridine rings is 1. The van der Waals surface area contributed by atoms with Crippen molar-refractivity contribution >= 4 is 86.9 Å². The monoisotopic (exact) mass is 1810 g/mol. The summed E-state index contributed by atoms with van der Waals surface area (Å²) in [5.41, 5.74) is 15.0. The number of H-pyrrole nitrogens is 1. The van der Waals surface area contributed by atoms with Gasteiger partial charge in [-0.25, -0.2) is 49.2 Å². The third-order valence-corrected chi connectivity index (χ3v) is 25.6. The molecule has 0 radical (unpaired) electrons. The topological polar surface area (TPSA) is 438 Å². The van der Waals surface area contributed by atoms with Gasteiger partial charge in [0.15, 0.2) is 5.65 Å². The Kier molecular flexibility index (Phi) is 35.9. The maximum atomic E-state index is 14.5. The Morgan fingerprint density at radius 2 is 1.46 bits per heavy atom. The Morgan fingerprint density at radius 3 is 2.22 bits per heavy atom. The number of cyclic esters (lactones) is 1. The molecule has 5 aliphatic heterocycles. The van der Waals surface area contributed by atoms with Gasteiger partial charge in [-0.1, -0.05) is 75.4 Å². The lowest BCUT2D eigenvalue weighted by Crippen LogP contribution is -2.56. The molecule has 13 rings (SSSR count). The molecule has 704 valence electrons. The number of aromatic amines is 1. The molecule has 2 bridgehead atoms. The molecule has 1 aliphatic carbocycles. The number of aliphatic hydroxyl groups excluding tert-OH is 2. The molecule has 7 N–H and O–H groups in total. The van der Waals surface area contributed by atoms with Gasteiger partial charge in [0.1, 0.15) is 59.4 Å². The summed E-state index contributed by atoms with van der Waals surface area (Å²) in [4.78, 5) is 152. The number of rotatable bonds is 29. The van der Waals surface area contributed by atoms with Crippen LogP contribution in [0.25, 0.3) is 33.3 Å². The molecular formula is C96H127N17O18. The number of hydrogen-bond acceptors (Lipinski definition) is 29. The van der Waals surface area contributed by atoms with Crippen molar-refractivity contribution in [1.82, 2.24) is 70.1 Å². The number of carbonyl (C=O) groups is 8. The van der Waals surface area contributed by atoms with Crippen LogP contribution in [0.4, 0.5) is 22.5 Å². The number of aromatic nitrogens is 10. The van der Waals surface area contributed by atoms with E-state index in [1.54, 1.807) is 45.6 Å². The number of nitrogen functional groups attached to an aromatic ring is 1. The van der Waals surface area contributed by atoms with E-state index in [1.165, 1.54) is 29.2 Å². The molecule has 3 unspecified atom stereocenters. The van der Waals surface area contributed by atoms with E-state index in [4.69, 9.17) is 48.7 Å². The predicted molar refractivity (Wildman–Crippen MR) is 488 cm³/mol. The molecule has 6 aliphatic rings. The van der Waals surface area contributed by atoms with Crippen molar-refractivity contribution in [2.75, 3.05) is 121 Å². The summed E-state index contributed by atoms with van der Waals surface area (Å²) in [5, 5.41) is 34.1.